The Bertz CT molecular complexity index is 751. The number of rotatable bonds is 3. The van der Waals surface area contributed by atoms with Crippen LogP contribution in [-0.4, -0.2) is 11.9 Å². The van der Waals surface area contributed by atoms with Crippen LogP contribution in [0.4, 0.5) is 5.69 Å². The van der Waals surface area contributed by atoms with E-state index in [-0.39, 0.29) is 5.91 Å². The number of carboxylic acids is 1. The van der Waals surface area contributed by atoms with E-state index >= 15 is 0 Å². The van der Waals surface area contributed by atoms with Gasteiger partial charge in [0.25, 0.3) is 0 Å². The minimum Gasteiger partial charge on any atom is -0.550 e. The lowest BCUT2D eigenvalue weighted by Gasteiger charge is -2.28. The summed E-state index contributed by atoms with van der Waals surface area (Å²) in [6.45, 7) is 0. The highest BCUT2D eigenvalue weighted by atomic mass is 16.4. The first-order valence-electron chi connectivity index (χ1n) is 7.30. The molecule has 1 aliphatic rings. The summed E-state index contributed by atoms with van der Waals surface area (Å²) in [4.78, 5) is 23.6. The second-order valence-corrected chi connectivity index (χ2v) is 5.53. The van der Waals surface area contributed by atoms with Crippen LogP contribution >= 0.6 is 0 Å². The number of hydrogen-bond acceptors (Lipinski definition) is 3. The number of allylic oxidation sites excluding steroid dienone is 2. The third-order valence-electron chi connectivity index (χ3n) is 4.09. The van der Waals surface area contributed by atoms with Crippen molar-refractivity contribution in [2.45, 2.75) is 12.8 Å². The number of benzene rings is 2. The zero-order chi connectivity index (χ0) is 15.5. The van der Waals surface area contributed by atoms with E-state index in [2.05, 4.69) is 5.32 Å². The van der Waals surface area contributed by atoms with Crippen LogP contribution in [0.15, 0.2) is 54.6 Å². The number of carbonyl (C=O) groups excluding carboxylic acids is 2. The number of hydrogen-bond donors (Lipinski definition) is 1. The van der Waals surface area contributed by atoms with Crippen LogP contribution in [0.3, 0.4) is 0 Å². The van der Waals surface area contributed by atoms with E-state index in [1.807, 2.05) is 48.5 Å². The molecule has 1 N–H and O–H groups in total. The minimum atomic E-state index is -1.16. The van der Waals surface area contributed by atoms with Gasteiger partial charge in [0.2, 0.25) is 5.91 Å². The van der Waals surface area contributed by atoms with Crippen LogP contribution in [0.1, 0.15) is 12.8 Å². The van der Waals surface area contributed by atoms with E-state index in [1.54, 1.807) is 6.08 Å². The molecule has 0 aromatic heterocycles. The molecule has 3 rings (SSSR count). The van der Waals surface area contributed by atoms with E-state index in [0.717, 1.165) is 10.8 Å². The smallest absolute Gasteiger partial charge is 0.228 e. The fourth-order valence-corrected chi connectivity index (χ4v) is 2.87. The number of carboxylic acid groups (broad SMARTS) is 1. The molecule has 2 aromatic rings. The van der Waals surface area contributed by atoms with Gasteiger partial charge in [0, 0.05) is 17.6 Å². The molecular weight excluding hydrogens is 278 g/mol. The third kappa shape index (κ3) is 2.86. The Balaban J connectivity index is 1.80. The van der Waals surface area contributed by atoms with Crippen molar-refractivity contribution in [3.63, 3.8) is 0 Å². The minimum absolute atomic E-state index is 0.270. The van der Waals surface area contributed by atoms with E-state index in [4.69, 9.17) is 0 Å². The fourth-order valence-electron chi connectivity index (χ4n) is 2.87. The van der Waals surface area contributed by atoms with E-state index in [1.165, 1.54) is 0 Å². The molecule has 0 aliphatic heterocycles. The van der Waals surface area contributed by atoms with Crippen LogP contribution in [-0.2, 0) is 9.59 Å². The van der Waals surface area contributed by atoms with Gasteiger partial charge in [-0.2, -0.15) is 0 Å². The summed E-state index contributed by atoms with van der Waals surface area (Å²) in [7, 11) is 0. The largest absolute Gasteiger partial charge is 0.550 e. The maximum Gasteiger partial charge on any atom is 0.228 e. The molecule has 112 valence electrons. The summed E-state index contributed by atoms with van der Waals surface area (Å²) < 4.78 is 0. The Kier molecular flexibility index (Phi) is 3.92. The van der Waals surface area contributed by atoms with E-state index < -0.39 is 17.8 Å². The Morgan fingerprint density at radius 2 is 1.64 bits per heavy atom. The summed E-state index contributed by atoms with van der Waals surface area (Å²) >= 11 is 0. The van der Waals surface area contributed by atoms with Gasteiger partial charge in [0.15, 0.2) is 0 Å². The van der Waals surface area contributed by atoms with Crippen molar-refractivity contribution in [3.8, 4) is 0 Å². The van der Waals surface area contributed by atoms with Gasteiger partial charge in [0.05, 0.1) is 5.92 Å². The highest BCUT2D eigenvalue weighted by molar-refractivity contribution is 5.97. The molecule has 0 unspecified atom stereocenters. The summed E-state index contributed by atoms with van der Waals surface area (Å²) in [5.74, 6) is -2.77. The van der Waals surface area contributed by atoms with E-state index in [0.29, 0.717) is 18.5 Å². The summed E-state index contributed by atoms with van der Waals surface area (Å²) in [5, 5.41) is 16.1. The van der Waals surface area contributed by atoms with Crippen molar-refractivity contribution in [1.82, 2.24) is 0 Å². The van der Waals surface area contributed by atoms with Crippen LogP contribution in [0, 0.1) is 11.8 Å². The molecule has 2 aromatic carbocycles. The average molecular weight is 294 g/mol. The van der Waals surface area contributed by atoms with Gasteiger partial charge in [-0.1, -0.05) is 42.5 Å². The lowest BCUT2D eigenvalue weighted by molar-refractivity contribution is -0.313. The van der Waals surface area contributed by atoms with Crippen molar-refractivity contribution >= 4 is 28.3 Å². The first-order valence-corrected chi connectivity index (χ1v) is 7.30. The number of carbonyl (C=O) groups is 2. The van der Waals surface area contributed by atoms with Crippen molar-refractivity contribution in [2.75, 3.05) is 5.32 Å². The van der Waals surface area contributed by atoms with E-state index in [9.17, 15) is 14.7 Å². The molecule has 0 radical (unpaired) electrons. The molecule has 22 heavy (non-hydrogen) atoms. The molecule has 0 spiro atoms. The lowest BCUT2D eigenvalue weighted by atomic mass is 9.82. The molecule has 0 saturated heterocycles. The van der Waals surface area contributed by atoms with Crippen molar-refractivity contribution in [2.24, 2.45) is 11.8 Å². The highest BCUT2D eigenvalue weighted by Gasteiger charge is 2.29. The summed E-state index contributed by atoms with van der Waals surface area (Å²) in [6.07, 6.45) is 4.42. The second-order valence-electron chi connectivity index (χ2n) is 5.53. The number of fused-ring (bicyclic) bond motifs is 1. The Morgan fingerprint density at radius 3 is 2.36 bits per heavy atom. The van der Waals surface area contributed by atoms with Crippen LogP contribution in [0.5, 0.6) is 0 Å². The number of anilines is 1. The Hall–Kier alpha value is -2.62. The number of aliphatic carboxylic acids is 1. The van der Waals surface area contributed by atoms with Gasteiger partial charge in [-0.05, 0) is 35.7 Å². The standard InChI is InChI=1S/C18H17NO3/c20-17(15-7-3-4-8-16(15)18(21)22)19-14-10-9-12-5-1-2-6-13(12)11-14/h1-6,9-11,15-16H,7-8H2,(H,19,20)(H,21,22)/p-1/t15-,16+/m1/s1. The van der Waals surface area contributed by atoms with Gasteiger partial charge in [-0.15, -0.1) is 0 Å². The second kappa shape index (κ2) is 6.02. The van der Waals surface area contributed by atoms with Gasteiger partial charge in [-0.25, -0.2) is 0 Å². The molecule has 0 saturated carbocycles. The number of amides is 1. The van der Waals surface area contributed by atoms with Crippen molar-refractivity contribution in [1.29, 1.82) is 0 Å². The zero-order valence-electron chi connectivity index (χ0n) is 12.0. The number of nitrogens with one attached hydrogen (secondary N) is 1. The quantitative estimate of drug-likeness (QED) is 0.881. The fraction of sp³-hybridized carbons (Fsp3) is 0.222. The molecular formula is C18H16NO3-. The molecule has 2 atom stereocenters. The normalized spacial score (nSPS) is 20.7. The molecule has 1 aliphatic carbocycles. The van der Waals surface area contributed by atoms with Gasteiger partial charge >= 0.3 is 0 Å². The molecule has 4 nitrogen and oxygen atoms in total. The highest BCUT2D eigenvalue weighted by Crippen LogP contribution is 2.27. The van der Waals surface area contributed by atoms with Crippen molar-refractivity contribution in [3.05, 3.63) is 54.6 Å². The monoisotopic (exact) mass is 294 g/mol. The molecule has 0 fully saturated rings. The third-order valence-corrected chi connectivity index (χ3v) is 4.09. The van der Waals surface area contributed by atoms with Crippen LogP contribution in [0.2, 0.25) is 0 Å². The van der Waals surface area contributed by atoms with Gasteiger partial charge in [-0.3, -0.25) is 4.79 Å². The predicted octanol–water partition coefficient (Wildman–Crippen LogP) is 2.11. The maximum absolute atomic E-state index is 12.4. The van der Waals surface area contributed by atoms with Gasteiger partial charge in [0.1, 0.15) is 0 Å². The Morgan fingerprint density at radius 1 is 0.955 bits per heavy atom. The topological polar surface area (TPSA) is 69.2 Å². The first kappa shape index (κ1) is 14.3. The van der Waals surface area contributed by atoms with Crippen LogP contribution in [0.25, 0.3) is 10.8 Å². The molecule has 0 bridgehead atoms. The van der Waals surface area contributed by atoms with Crippen LogP contribution < -0.4 is 10.4 Å². The van der Waals surface area contributed by atoms with Crippen molar-refractivity contribution < 1.29 is 14.7 Å². The van der Waals surface area contributed by atoms with Gasteiger partial charge < -0.3 is 15.2 Å². The molecule has 0 heterocycles. The summed E-state index contributed by atoms with van der Waals surface area (Å²) in [5.41, 5.74) is 0.676. The maximum atomic E-state index is 12.4. The first-order chi connectivity index (χ1) is 10.6. The lowest BCUT2D eigenvalue weighted by Crippen LogP contribution is -2.41. The molecule has 1 amide bonds. The Labute approximate surface area is 128 Å². The molecule has 4 heteroatoms. The zero-order valence-corrected chi connectivity index (χ0v) is 12.0. The predicted molar refractivity (Wildman–Crippen MR) is 82.9 cm³/mol. The average Bonchev–Trinajstić information content (AvgIpc) is 2.54. The SMILES string of the molecule is O=C([O-])[C@H]1CC=CC[C@H]1C(=O)Nc1ccc2ccccc2c1. The summed E-state index contributed by atoms with van der Waals surface area (Å²) in [6, 6.07) is 13.5.